The van der Waals surface area contributed by atoms with Crippen LogP contribution < -0.4 is 15.4 Å². The Bertz CT molecular complexity index is 372. The second-order valence-corrected chi connectivity index (χ2v) is 4.35. The molecular formula is C13H18N2O2. The van der Waals surface area contributed by atoms with Gasteiger partial charge in [-0.05, 0) is 36.7 Å². The van der Waals surface area contributed by atoms with Gasteiger partial charge in [0.1, 0.15) is 5.75 Å². The van der Waals surface area contributed by atoms with E-state index in [1.807, 2.05) is 24.3 Å². The minimum atomic E-state index is 0.132. The molecule has 1 aliphatic heterocycles. The summed E-state index contributed by atoms with van der Waals surface area (Å²) >= 11 is 0. The van der Waals surface area contributed by atoms with Gasteiger partial charge < -0.3 is 15.4 Å². The Balaban J connectivity index is 1.74. The van der Waals surface area contributed by atoms with Crippen LogP contribution in [0, 0.1) is 5.92 Å². The van der Waals surface area contributed by atoms with Gasteiger partial charge in [0.2, 0.25) is 5.91 Å². The average Bonchev–Trinajstić information content (AvgIpc) is 2.32. The molecule has 0 bridgehead atoms. The van der Waals surface area contributed by atoms with Crippen molar-refractivity contribution in [3.8, 4) is 5.75 Å². The quantitative estimate of drug-likeness (QED) is 0.796. The minimum Gasteiger partial charge on any atom is -0.497 e. The molecule has 0 spiro atoms. The predicted octanol–water partition coefficient (Wildman–Crippen LogP) is 0.921. The first-order valence-corrected chi connectivity index (χ1v) is 5.88. The fourth-order valence-electron chi connectivity index (χ4n) is 1.77. The van der Waals surface area contributed by atoms with Crippen LogP contribution in [0.3, 0.4) is 0 Å². The van der Waals surface area contributed by atoms with Crippen LogP contribution in [0.1, 0.15) is 12.0 Å². The smallest absolute Gasteiger partial charge is 0.220 e. The van der Waals surface area contributed by atoms with E-state index in [2.05, 4.69) is 10.6 Å². The second kappa shape index (κ2) is 5.68. The van der Waals surface area contributed by atoms with Crippen LogP contribution in [0.5, 0.6) is 5.75 Å². The number of carbonyl (C=O) groups is 1. The second-order valence-electron chi connectivity index (χ2n) is 4.35. The maximum absolute atomic E-state index is 11.6. The van der Waals surface area contributed by atoms with Gasteiger partial charge in [0.05, 0.1) is 7.11 Å². The number of hydrogen-bond acceptors (Lipinski definition) is 3. The fraction of sp³-hybridized carbons (Fsp3) is 0.462. The summed E-state index contributed by atoms with van der Waals surface area (Å²) in [4.78, 5) is 11.6. The number of amides is 1. The summed E-state index contributed by atoms with van der Waals surface area (Å²) in [7, 11) is 1.64. The lowest BCUT2D eigenvalue weighted by molar-refractivity contribution is -0.122. The van der Waals surface area contributed by atoms with E-state index in [1.165, 1.54) is 0 Å². The maximum atomic E-state index is 11.6. The molecule has 0 unspecified atom stereocenters. The number of rotatable bonds is 5. The zero-order valence-electron chi connectivity index (χ0n) is 10.0. The molecule has 0 atom stereocenters. The summed E-state index contributed by atoms with van der Waals surface area (Å²) in [5.41, 5.74) is 1.09. The average molecular weight is 234 g/mol. The van der Waals surface area contributed by atoms with Crippen LogP contribution in [0.25, 0.3) is 0 Å². The van der Waals surface area contributed by atoms with Crippen LogP contribution in [0.2, 0.25) is 0 Å². The molecule has 2 rings (SSSR count). The van der Waals surface area contributed by atoms with Crippen LogP contribution in [0.4, 0.5) is 0 Å². The molecule has 92 valence electrons. The highest BCUT2D eigenvalue weighted by molar-refractivity contribution is 5.76. The van der Waals surface area contributed by atoms with Crippen LogP contribution >= 0.6 is 0 Å². The number of methoxy groups -OCH3 is 1. The van der Waals surface area contributed by atoms with Crippen molar-refractivity contribution in [2.75, 3.05) is 20.2 Å². The lowest BCUT2D eigenvalue weighted by atomic mass is 9.99. The van der Waals surface area contributed by atoms with Crippen LogP contribution in [-0.2, 0) is 11.3 Å². The van der Waals surface area contributed by atoms with Crippen molar-refractivity contribution in [1.29, 1.82) is 0 Å². The van der Waals surface area contributed by atoms with E-state index in [0.717, 1.165) is 24.4 Å². The fourth-order valence-corrected chi connectivity index (χ4v) is 1.77. The predicted molar refractivity (Wildman–Crippen MR) is 65.8 cm³/mol. The molecule has 17 heavy (non-hydrogen) atoms. The van der Waals surface area contributed by atoms with Gasteiger partial charge in [-0.1, -0.05) is 12.1 Å². The van der Waals surface area contributed by atoms with E-state index in [9.17, 15) is 4.79 Å². The summed E-state index contributed by atoms with van der Waals surface area (Å²) in [5.74, 6) is 1.49. The van der Waals surface area contributed by atoms with Crippen molar-refractivity contribution in [3.05, 3.63) is 29.8 Å². The Morgan fingerprint density at radius 2 is 2.12 bits per heavy atom. The molecule has 0 aromatic heterocycles. The van der Waals surface area contributed by atoms with E-state index in [4.69, 9.17) is 4.74 Å². The SMILES string of the molecule is COc1ccc(CNC(=O)CC2CNC2)cc1. The third-order valence-electron chi connectivity index (χ3n) is 2.99. The topological polar surface area (TPSA) is 50.4 Å². The Morgan fingerprint density at radius 1 is 1.41 bits per heavy atom. The molecule has 0 saturated carbocycles. The van der Waals surface area contributed by atoms with Crippen molar-refractivity contribution < 1.29 is 9.53 Å². The normalized spacial score (nSPS) is 15.1. The Kier molecular flexibility index (Phi) is 3.98. The molecule has 4 heteroatoms. The summed E-state index contributed by atoms with van der Waals surface area (Å²) in [6.07, 6.45) is 0.628. The first kappa shape index (κ1) is 11.9. The van der Waals surface area contributed by atoms with Crippen LogP contribution in [-0.4, -0.2) is 26.1 Å². The zero-order chi connectivity index (χ0) is 12.1. The molecule has 0 radical (unpaired) electrons. The Hall–Kier alpha value is -1.55. The summed E-state index contributed by atoms with van der Waals surface area (Å²) in [5, 5.41) is 6.09. The van der Waals surface area contributed by atoms with Gasteiger partial charge in [-0.15, -0.1) is 0 Å². The van der Waals surface area contributed by atoms with Crippen molar-refractivity contribution >= 4 is 5.91 Å². The largest absolute Gasteiger partial charge is 0.497 e. The van der Waals surface area contributed by atoms with E-state index in [-0.39, 0.29) is 5.91 Å². The van der Waals surface area contributed by atoms with Crippen LogP contribution in [0.15, 0.2) is 24.3 Å². The first-order valence-electron chi connectivity index (χ1n) is 5.88. The highest BCUT2D eigenvalue weighted by Gasteiger charge is 2.19. The molecule has 0 aliphatic carbocycles. The minimum absolute atomic E-state index is 0.132. The number of benzene rings is 1. The van der Waals surface area contributed by atoms with E-state index >= 15 is 0 Å². The number of nitrogens with one attached hydrogen (secondary N) is 2. The molecule has 1 heterocycles. The monoisotopic (exact) mass is 234 g/mol. The number of hydrogen-bond donors (Lipinski definition) is 2. The molecule has 2 N–H and O–H groups in total. The zero-order valence-corrected chi connectivity index (χ0v) is 10.0. The molecule has 1 saturated heterocycles. The lowest BCUT2D eigenvalue weighted by Crippen LogP contribution is -2.44. The third kappa shape index (κ3) is 3.46. The third-order valence-corrected chi connectivity index (χ3v) is 2.99. The molecular weight excluding hydrogens is 216 g/mol. The Morgan fingerprint density at radius 3 is 2.65 bits per heavy atom. The Labute approximate surface area is 101 Å². The number of carbonyl (C=O) groups excluding carboxylic acids is 1. The summed E-state index contributed by atoms with van der Waals surface area (Å²) in [6, 6.07) is 7.72. The highest BCUT2D eigenvalue weighted by Crippen LogP contribution is 2.11. The summed E-state index contributed by atoms with van der Waals surface area (Å²) in [6.45, 7) is 2.52. The van der Waals surface area contributed by atoms with Gasteiger partial charge in [0.15, 0.2) is 0 Å². The highest BCUT2D eigenvalue weighted by atomic mass is 16.5. The van der Waals surface area contributed by atoms with Gasteiger partial charge in [0.25, 0.3) is 0 Å². The lowest BCUT2D eigenvalue weighted by Gasteiger charge is -2.26. The first-order chi connectivity index (χ1) is 8.28. The van der Waals surface area contributed by atoms with Crippen molar-refractivity contribution in [3.63, 3.8) is 0 Å². The van der Waals surface area contributed by atoms with Gasteiger partial charge in [-0.3, -0.25) is 4.79 Å². The molecule has 1 aliphatic rings. The van der Waals surface area contributed by atoms with E-state index in [1.54, 1.807) is 7.11 Å². The molecule has 4 nitrogen and oxygen atoms in total. The number of ether oxygens (including phenoxy) is 1. The van der Waals surface area contributed by atoms with E-state index in [0.29, 0.717) is 18.9 Å². The summed E-state index contributed by atoms with van der Waals surface area (Å²) < 4.78 is 5.08. The standard InChI is InChI=1S/C13H18N2O2/c1-17-12-4-2-10(3-5-12)9-15-13(16)6-11-7-14-8-11/h2-5,11,14H,6-9H2,1H3,(H,15,16). The van der Waals surface area contributed by atoms with Gasteiger partial charge >= 0.3 is 0 Å². The van der Waals surface area contributed by atoms with Gasteiger partial charge in [-0.2, -0.15) is 0 Å². The molecule has 1 aromatic carbocycles. The molecule has 1 amide bonds. The van der Waals surface area contributed by atoms with Gasteiger partial charge in [-0.25, -0.2) is 0 Å². The molecule has 1 aromatic rings. The molecule has 1 fully saturated rings. The maximum Gasteiger partial charge on any atom is 0.220 e. The van der Waals surface area contributed by atoms with Gasteiger partial charge in [0, 0.05) is 13.0 Å². The van der Waals surface area contributed by atoms with Crippen molar-refractivity contribution in [2.45, 2.75) is 13.0 Å². The van der Waals surface area contributed by atoms with Crippen molar-refractivity contribution in [2.24, 2.45) is 5.92 Å². The van der Waals surface area contributed by atoms with E-state index < -0.39 is 0 Å². The van der Waals surface area contributed by atoms with Crippen molar-refractivity contribution in [1.82, 2.24) is 10.6 Å².